The molecule has 0 radical (unpaired) electrons. The number of nitrogens with zero attached hydrogens (tertiary/aromatic N) is 2. The van der Waals surface area contributed by atoms with Crippen molar-refractivity contribution < 1.29 is 28.6 Å². The molecule has 1 saturated carbocycles. The van der Waals surface area contributed by atoms with Gasteiger partial charge in [-0.2, -0.15) is 5.01 Å². The van der Waals surface area contributed by atoms with Gasteiger partial charge in [0.05, 0.1) is 22.0 Å². The molecule has 1 saturated heterocycles. The van der Waals surface area contributed by atoms with Crippen molar-refractivity contribution in [1.82, 2.24) is 10.3 Å². The Labute approximate surface area is 196 Å². The fourth-order valence-corrected chi connectivity index (χ4v) is 3.97. The molecule has 1 atom stereocenters. The van der Waals surface area contributed by atoms with Crippen LogP contribution >= 0.6 is 11.6 Å². The number of hydrazine groups is 1. The predicted molar refractivity (Wildman–Crippen MR) is 121 cm³/mol. The minimum Gasteiger partial charge on any atom is -0.464 e. The smallest absolute Gasteiger partial charge is 0.429 e. The molecule has 0 aromatic heterocycles. The summed E-state index contributed by atoms with van der Waals surface area (Å²) in [5.41, 5.74) is -0.574. The molecule has 0 spiro atoms. The van der Waals surface area contributed by atoms with Crippen LogP contribution in [-0.2, 0) is 4.74 Å². The van der Waals surface area contributed by atoms with Gasteiger partial charge < -0.3 is 25.4 Å². The second kappa shape index (κ2) is 9.60. The first kappa shape index (κ1) is 24.8. The van der Waals surface area contributed by atoms with Crippen LogP contribution in [0.15, 0.2) is 6.07 Å². The summed E-state index contributed by atoms with van der Waals surface area (Å²) in [7, 11) is 0. The number of rotatable bonds is 6. The van der Waals surface area contributed by atoms with Gasteiger partial charge in [0.25, 0.3) is 5.91 Å². The summed E-state index contributed by atoms with van der Waals surface area (Å²) in [6.07, 6.45) is 0.202. The van der Waals surface area contributed by atoms with Crippen molar-refractivity contribution in [3.63, 3.8) is 0 Å². The summed E-state index contributed by atoms with van der Waals surface area (Å²) in [5.74, 6) is 3.52. The lowest BCUT2D eigenvalue weighted by molar-refractivity contribution is 0.0520. The monoisotopic (exact) mass is 485 g/mol. The number of amides is 3. The Hall–Kier alpha value is -2.79. The average Bonchev–Trinajstić information content (AvgIpc) is 3.41. The van der Waals surface area contributed by atoms with Crippen LogP contribution in [0.2, 0.25) is 5.02 Å². The van der Waals surface area contributed by atoms with Crippen molar-refractivity contribution in [2.24, 2.45) is 11.8 Å². The van der Waals surface area contributed by atoms with Crippen molar-refractivity contribution in [2.75, 3.05) is 29.9 Å². The van der Waals surface area contributed by atoms with Crippen LogP contribution in [0, 0.1) is 11.7 Å². The summed E-state index contributed by atoms with van der Waals surface area (Å²) < 4.78 is 20.4. The van der Waals surface area contributed by atoms with Gasteiger partial charge in [-0.1, -0.05) is 11.6 Å². The number of anilines is 2. The lowest BCUT2D eigenvalue weighted by Crippen LogP contribution is -2.42. The molecule has 1 aromatic carbocycles. The van der Waals surface area contributed by atoms with Gasteiger partial charge in [-0.15, -0.1) is 0 Å². The van der Waals surface area contributed by atoms with E-state index in [1.807, 2.05) is 0 Å². The zero-order valence-corrected chi connectivity index (χ0v) is 19.5. The molecule has 2 fully saturated rings. The number of nitrogens with two attached hydrogens (primary N) is 1. The maximum Gasteiger partial charge on any atom is 0.429 e. The third-order valence-electron chi connectivity index (χ3n) is 5.31. The van der Waals surface area contributed by atoms with E-state index in [2.05, 4.69) is 10.6 Å². The highest BCUT2D eigenvalue weighted by molar-refractivity contribution is 6.37. The van der Waals surface area contributed by atoms with E-state index in [1.54, 1.807) is 25.7 Å². The Balaban J connectivity index is 1.78. The molecule has 0 bridgehead atoms. The Kier molecular flexibility index (Phi) is 7.23. The summed E-state index contributed by atoms with van der Waals surface area (Å²) in [6, 6.07) is 1.02. The Morgan fingerprint density at radius 3 is 2.58 bits per heavy atom. The molecule has 3 rings (SSSR count). The van der Waals surface area contributed by atoms with E-state index < -0.39 is 29.5 Å². The molecule has 33 heavy (non-hydrogen) atoms. The first-order chi connectivity index (χ1) is 15.4. The highest BCUT2D eigenvalue weighted by Crippen LogP contribution is 2.42. The SMILES string of the molecule is CC(C)(C)OC(=O)NCC1CCN(c2c(F)cc(C(=O)N(N)C(=O)O)c(NC3CC3)c2Cl)C1. The first-order valence-corrected chi connectivity index (χ1v) is 11.1. The van der Waals surface area contributed by atoms with E-state index >= 15 is 4.39 Å². The molecule has 3 amide bonds. The lowest BCUT2D eigenvalue weighted by Gasteiger charge is -2.25. The van der Waals surface area contributed by atoms with Crippen molar-refractivity contribution in [3.05, 3.63) is 22.5 Å². The number of halogens is 2. The van der Waals surface area contributed by atoms with Gasteiger partial charge in [-0.3, -0.25) is 4.79 Å². The summed E-state index contributed by atoms with van der Waals surface area (Å²) in [6.45, 7) is 6.60. The summed E-state index contributed by atoms with van der Waals surface area (Å²) in [5, 5.41) is 14.8. The fourth-order valence-electron chi connectivity index (χ4n) is 3.60. The average molecular weight is 486 g/mol. The van der Waals surface area contributed by atoms with E-state index in [9.17, 15) is 14.4 Å². The van der Waals surface area contributed by atoms with Gasteiger partial charge in [0.15, 0.2) is 0 Å². The van der Waals surface area contributed by atoms with Gasteiger partial charge in [0.1, 0.15) is 11.4 Å². The molecular formula is C21H29ClFN5O5. The number of hydrogen-bond acceptors (Lipinski definition) is 7. The lowest BCUT2D eigenvalue weighted by atomic mass is 10.1. The number of nitrogens with one attached hydrogen (secondary N) is 2. The molecule has 182 valence electrons. The Morgan fingerprint density at radius 2 is 2.00 bits per heavy atom. The number of carbonyl (C=O) groups excluding carboxylic acids is 2. The molecule has 1 aliphatic heterocycles. The van der Waals surface area contributed by atoms with E-state index in [4.69, 9.17) is 27.3 Å². The molecule has 2 aliphatic rings. The van der Waals surface area contributed by atoms with Gasteiger partial charge >= 0.3 is 12.2 Å². The van der Waals surface area contributed by atoms with E-state index in [1.165, 1.54) is 0 Å². The van der Waals surface area contributed by atoms with E-state index in [0.29, 0.717) is 26.1 Å². The number of carbonyl (C=O) groups is 3. The fraction of sp³-hybridized carbons (Fsp3) is 0.571. The zero-order chi connectivity index (χ0) is 24.5. The summed E-state index contributed by atoms with van der Waals surface area (Å²) in [4.78, 5) is 37.3. The number of ether oxygens (including phenoxy) is 1. The van der Waals surface area contributed by atoms with Crippen LogP contribution < -0.4 is 21.4 Å². The number of alkyl carbamates (subject to hydrolysis) is 1. The van der Waals surface area contributed by atoms with Crippen LogP contribution in [0.5, 0.6) is 0 Å². The number of carboxylic acid groups (broad SMARTS) is 1. The molecule has 1 heterocycles. The minimum atomic E-state index is -1.67. The Bertz CT molecular complexity index is 950. The van der Waals surface area contributed by atoms with Crippen LogP contribution in [0.25, 0.3) is 0 Å². The molecule has 1 aliphatic carbocycles. The molecule has 1 unspecified atom stereocenters. The third-order valence-corrected chi connectivity index (χ3v) is 5.68. The minimum absolute atomic E-state index is 0.00290. The number of imide groups is 1. The van der Waals surface area contributed by atoms with Crippen molar-refractivity contribution in [2.45, 2.75) is 51.7 Å². The van der Waals surface area contributed by atoms with Crippen LogP contribution in [0.1, 0.15) is 50.4 Å². The quantitative estimate of drug-likeness (QED) is 0.273. The standard InChI is InChI=1S/C21H29ClFN5O5/c1-21(2,3)33-19(30)25-9-11-6-7-27(10-11)17-14(23)8-13(18(29)28(24)20(31)32)16(15(17)22)26-12-4-5-12/h8,11-12,26H,4-7,9-10,24H2,1-3H3,(H,25,30)(H,31,32). The molecule has 12 heteroatoms. The normalized spacial score (nSPS) is 18.1. The van der Waals surface area contributed by atoms with E-state index in [0.717, 1.165) is 18.9 Å². The second-order valence-electron chi connectivity index (χ2n) is 9.30. The first-order valence-electron chi connectivity index (χ1n) is 10.7. The maximum absolute atomic E-state index is 15.1. The van der Waals surface area contributed by atoms with Gasteiger partial charge in [0.2, 0.25) is 0 Å². The number of benzene rings is 1. The highest BCUT2D eigenvalue weighted by atomic mass is 35.5. The maximum atomic E-state index is 15.1. The highest BCUT2D eigenvalue weighted by Gasteiger charge is 2.33. The van der Waals surface area contributed by atoms with Gasteiger partial charge in [-0.25, -0.2) is 19.8 Å². The van der Waals surface area contributed by atoms with Crippen molar-refractivity contribution in [1.29, 1.82) is 0 Å². The predicted octanol–water partition coefficient (Wildman–Crippen LogP) is 3.40. The van der Waals surface area contributed by atoms with Crippen LogP contribution in [-0.4, -0.2) is 59.5 Å². The third kappa shape index (κ3) is 6.17. The van der Waals surface area contributed by atoms with Crippen LogP contribution in [0.3, 0.4) is 0 Å². The molecule has 1 aromatic rings. The molecule has 5 N–H and O–H groups in total. The van der Waals surface area contributed by atoms with Crippen molar-refractivity contribution >= 4 is 41.1 Å². The largest absolute Gasteiger partial charge is 0.464 e. The molecular weight excluding hydrogens is 457 g/mol. The van der Waals surface area contributed by atoms with Crippen LogP contribution in [0.4, 0.5) is 25.4 Å². The van der Waals surface area contributed by atoms with Gasteiger partial charge in [0, 0.05) is 25.7 Å². The zero-order valence-electron chi connectivity index (χ0n) is 18.8. The van der Waals surface area contributed by atoms with Crippen molar-refractivity contribution in [3.8, 4) is 0 Å². The molecule has 10 nitrogen and oxygen atoms in total. The Morgan fingerprint density at radius 1 is 1.33 bits per heavy atom. The second-order valence-corrected chi connectivity index (χ2v) is 9.68. The summed E-state index contributed by atoms with van der Waals surface area (Å²) >= 11 is 6.55. The van der Waals surface area contributed by atoms with E-state index in [-0.39, 0.29) is 38.9 Å². The topological polar surface area (TPSA) is 137 Å². The van der Waals surface area contributed by atoms with Gasteiger partial charge in [-0.05, 0) is 52.0 Å². The number of hydrogen-bond donors (Lipinski definition) is 4.